The van der Waals surface area contributed by atoms with Crippen LogP contribution in [0.3, 0.4) is 0 Å². The van der Waals surface area contributed by atoms with Crippen LogP contribution >= 0.6 is 23.1 Å². The van der Waals surface area contributed by atoms with Crippen LogP contribution in [0.15, 0.2) is 89.7 Å². The number of piperazine rings is 1. The van der Waals surface area contributed by atoms with Crippen molar-refractivity contribution in [1.82, 2.24) is 34.1 Å². The number of likely N-dealkylation sites (N-methyl/N-ethyl adjacent to an activating group) is 1. The summed E-state index contributed by atoms with van der Waals surface area (Å²) >= 11 is 8.27. The fourth-order valence-electron chi connectivity index (χ4n) is 7.67. The number of aromatic nitrogens is 5. The van der Waals surface area contributed by atoms with Gasteiger partial charge in [-0.2, -0.15) is 4.37 Å². The second-order valence-electron chi connectivity index (χ2n) is 15.7. The lowest BCUT2D eigenvalue weighted by molar-refractivity contribution is -0.145. The first-order valence-electron chi connectivity index (χ1n) is 20.9. The van der Waals surface area contributed by atoms with Gasteiger partial charge < -0.3 is 33.4 Å². The number of carbonyl (C=O) groups is 1. The molecule has 0 radical (unpaired) electrons. The molecule has 1 N–H and O–H groups in total. The molecule has 0 bridgehead atoms. The maximum Gasteiger partial charge on any atom is 0.345 e. The molecule has 1 atom stereocenters. The van der Waals surface area contributed by atoms with E-state index in [-0.39, 0.29) is 24.8 Å². The average Bonchev–Trinajstić information content (AvgIpc) is 3.90. The van der Waals surface area contributed by atoms with Gasteiger partial charge in [0.15, 0.2) is 17.5 Å². The minimum absolute atomic E-state index is 0.0219. The number of pyridine rings is 1. The third-order valence-electron chi connectivity index (χ3n) is 11.4. The normalized spacial score (nSPS) is 15.0. The van der Waals surface area contributed by atoms with Gasteiger partial charge in [0.1, 0.15) is 36.2 Å². The number of methoxy groups -OCH3 is 1. The Bertz CT molecular complexity index is 2750. The lowest BCUT2D eigenvalue weighted by atomic mass is 9.95. The predicted molar refractivity (Wildman–Crippen MR) is 240 cm³/mol. The molecule has 5 heterocycles. The van der Waals surface area contributed by atoms with Crippen LogP contribution in [0.25, 0.3) is 44.1 Å². The summed E-state index contributed by atoms with van der Waals surface area (Å²) < 4.78 is 36.2. The Balaban J connectivity index is 1.00. The van der Waals surface area contributed by atoms with E-state index in [0.717, 1.165) is 62.3 Å². The van der Waals surface area contributed by atoms with Gasteiger partial charge in [-0.25, -0.2) is 19.7 Å². The molecule has 324 valence electrons. The molecule has 0 amide bonds. The molecule has 0 spiro atoms. The monoisotopic (exact) mass is 887 g/mol. The number of nitrogens with zero attached hydrogens (tertiary/aromatic N) is 7. The van der Waals surface area contributed by atoms with E-state index in [4.69, 9.17) is 44.9 Å². The van der Waals surface area contributed by atoms with E-state index in [1.54, 1.807) is 37.8 Å². The Kier molecular flexibility index (Phi) is 12.5. The second-order valence-corrected chi connectivity index (χ2v) is 16.9. The third-order valence-corrected chi connectivity index (χ3v) is 12.6. The van der Waals surface area contributed by atoms with Crippen molar-refractivity contribution in [3.05, 3.63) is 113 Å². The molecule has 0 unspecified atom stereocenters. The van der Waals surface area contributed by atoms with Crippen LogP contribution in [0, 0.1) is 6.92 Å². The van der Waals surface area contributed by atoms with Crippen molar-refractivity contribution in [2.45, 2.75) is 44.8 Å². The number of halogens is 1. The van der Waals surface area contributed by atoms with Crippen LogP contribution in [0.1, 0.15) is 41.5 Å². The van der Waals surface area contributed by atoms with Gasteiger partial charge >= 0.3 is 5.97 Å². The largest absolute Gasteiger partial charge is 0.496 e. The van der Waals surface area contributed by atoms with Crippen LogP contribution < -0.4 is 18.9 Å². The van der Waals surface area contributed by atoms with Gasteiger partial charge in [0.05, 0.1) is 39.7 Å². The minimum atomic E-state index is -1.34. The first-order valence-corrected chi connectivity index (χ1v) is 22.0. The van der Waals surface area contributed by atoms with E-state index in [0.29, 0.717) is 79.0 Å². The molecular weight excluding hydrogens is 842 g/mol. The van der Waals surface area contributed by atoms with Crippen molar-refractivity contribution in [2.24, 2.45) is 0 Å². The Morgan fingerprint density at radius 1 is 0.937 bits per heavy atom. The van der Waals surface area contributed by atoms with Crippen LogP contribution in [-0.2, 0) is 17.8 Å². The van der Waals surface area contributed by atoms with E-state index < -0.39 is 12.1 Å². The van der Waals surface area contributed by atoms with Gasteiger partial charge in [-0.3, -0.25) is 9.88 Å². The van der Waals surface area contributed by atoms with E-state index in [9.17, 15) is 9.90 Å². The fourth-order valence-corrected chi connectivity index (χ4v) is 8.59. The molecule has 1 aliphatic heterocycles. The molecule has 1 saturated carbocycles. The molecular formula is C47H46ClN7O7S. The number of hydrogen-bond donors (Lipinski definition) is 1. The number of ether oxygens (including phenoxy) is 4. The molecule has 16 heteroatoms. The van der Waals surface area contributed by atoms with Gasteiger partial charge in [-0.1, -0.05) is 48.0 Å². The quantitative estimate of drug-likeness (QED) is 0.0927. The molecule has 7 aromatic rings. The van der Waals surface area contributed by atoms with Crippen molar-refractivity contribution in [1.29, 1.82) is 0 Å². The van der Waals surface area contributed by atoms with Gasteiger partial charge in [0.2, 0.25) is 12.0 Å². The molecule has 2 fully saturated rings. The zero-order valence-corrected chi connectivity index (χ0v) is 36.7. The Morgan fingerprint density at radius 3 is 2.52 bits per heavy atom. The number of benzene rings is 3. The van der Waals surface area contributed by atoms with Crippen molar-refractivity contribution >= 4 is 39.2 Å². The molecule has 3 aromatic carbocycles. The molecule has 63 heavy (non-hydrogen) atoms. The molecule has 4 aromatic heterocycles. The standard InChI is InChI=1S/C47H46ClN7O7S/c1-28-32(14-15-36(42(28)48)59-23-22-55-20-18-54(2)19-21-55)40-41-39(26-50-43(40)38-25-51-45(62-38)29-12-13-29)63-53-46(41)61-37(47(56)57)24-30-8-4-6-10-34(30)60-27-31-16-17-49-44(52-31)33-9-5-7-11-35(33)58-3/h4-11,14-17,25-26,29,37H,12-13,18-24,27H2,1-3H3,(H,56,57)/t37-/m1/s1. The van der Waals surface area contributed by atoms with Crippen molar-refractivity contribution < 1.29 is 33.3 Å². The van der Waals surface area contributed by atoms with Crippen molar-refractivity contribution in [3.8, 4) is 57.1 Å². The molecule has 1 aliphatic carbocycles. The molecule has 2 aliphatic rings. The summed E-state index contributed by atoms with van der Waals surface area (Å²) in [4.78, 5) is 36.4. The number of hydrogen-bond acceptors (Lipinski definition) is 14. The van der Waals surface area contributed by atoms with Crippen molar-refractivity contribution in [2.75, 3.05) is 53.5 Å². The number of para-hydroxylation sites is 2. The summed E-state index contributed by atoms with van der Waals surface area (Å²) in [6.45, 7) is 7.38. The molecule has 14 nitrogen and oxygen atoms in total. The highest BCUT2D eigenvalue weighted by molar-refractivity contribution is 7.13. The summed E-state index contributed by atoms with van der Waals surface area (Å²) in [5.74, 6) is 2.64. The van der Waals surface area contributed by atoms with Gasteiger partial charge in [-0.05, 0) is 85.4 Å². The van der Waals surface area contributed by atoms with Crippen molar-refractivity contribution in [3.63, 3.8) is 0 Å². The number of carboxylic acids is 1. The average molecular weight is 888 g/mol. The van der Waals surface area contributed by atoms with Crippen LogP contribution in [0.4, 0.5) is 0 Å². The Hall–Kier alpha value is -6.13. The third kappa shape index (κ3) is 9.32. The smallest absolute Gasteiger partial charge is 0.345 e. The predicted octanol–water partition coefficient (Wildman–Crippen LogP) is 8.60. The topological polar surface area (TPSA) is 158 Å². The second kappa shape index (κ2) is 18.7. The summed E-state index contributed by atoms with van der Waals surface area (Å²) in [6, 6.07) is 20.4. The summed E-state index contributed by atoms with van der Waals surface area (Å²) in [6.07, 6.45) is 5.75. The SMILES string of the molecule is COc1ccccc1-c1nccc(COc2ccccc2C[C@@H](Oc2nsc3cnc(-c4cnc(C5CC5)o4)c(-c4ccc(OCCN5CCN(C)CC5)c(Cl)c4C)c23)C(=O)O)n1. The maximum atomic E-state index is 13.0. The van der Waals surface area contributed by atoms with Crippen LogP contribution in [0.2, 0.25) is 5.02 Å². The first kappa shape index (κ1) is 42.2. The summed E-state index contributed by atoms with van der Waals surface area (Å²) in [5, 5.41) is 11.7. The highest BCUT2D eigenvalue weighted by atomic mass is 35.5. The highest BCUT2D eigenvalue weighted by Gasteiger charge is 2.32. The lowest BCUT2D eigenvalue weighted by Gasteiger charge is -2.32. The van der Waals surface area contributed by atoms with Gasteiger partial charge in [-0.15, -0.1) is 0 Å². The van der Waals surface area contributed by atoms with Crippen LogP contribution in [-0.4, -0.2) is 105 Å². The summed E-state index contributed by atoms with van der Waals surface area (Å²) in [7, 11) is 3.74. The summed E-state index contributed by atoms with van der Waals surface area (Å²) in [5.41, 5.74) is 4.67. The molecule has 9 rings (SSSR count). The van der Waals surface area contributed by atoms with Gasteiger partial charge in [0.25, 0.3) is 0 Å². The number of carboxylic acid groups (broad SMARTS) is 1. The first-order chi connectivity index (χ1) is 30.7. The molecule has 1 saturated heterocycles. The fraction of sp³-hybridized carbons (Fsp3) is 0.319. The zero-order chi connectivity index (χ0) is 43.5. The number of fused-ring (bicyclic) bond motifs is 1. The number of oxazole rings is 1. The Labute approximate surface area is 373 Å². The Morgan fingerprint density at radius 2 is 1.73 bits per heavy atom. The van der Waals surface area contributed by atoms with E-state index in [1.165, 1.54) is 11.5 Å². The highest BCUT2D eigenvalue weighted by Crippen LogP contribution is 2.47. The maximum absolute atomic E-state index is 13.0. The van der Waals surface area contributed by atoms with Gasteiger partial charge in [0, 0.05) is 63.0 Å². The van der Waals surface area contributed by atoms with Crippen LogP contribution in [0.5, 0.6) is 23.1 Å². The lowest BCUT2D eigenvalue weighted by Crippen LogP contribution is -2.45. The number of rotatable bonds is 17. The van der Waals surface area contributed by atoms with E-state index in [2.05, 4.69) is 31.2 Å². The van der Waals surface area contributed by atoms with E-state index in [1.807, 2.05) is 61.5 Å². The minimum Gasteiger partial charge on any atom is -0.496 e. The van der Waals surface area contributed by atoms with E-state index >= 15 is 0 Å². The number of aliphatic carboxylic acids is 1. The zero-order valence-electron chi connectivity index (χ0n) is 35.1.